The molecule has 2 N–H and O–H groups in total. The van der Waals surface area contributed by atoms with Gasteiger partial charge in [-0.3, -0.25) is 9.69 Å². The Balaban J connectivity index is 2.60. The highest BCUT2D eigenvalue weighted by Crippen LogP contribution is 2.20. The lowest BCUT2D eigenvalue weighted by Crippen LogP contribution is -2.35. The predicted molar refractivity (Wildman–Crippen MR) is 78.6 cm³/mol. The number of carbonyl (C=O) groups is 1. The Hall–Kier alpha value is -1.10. The van der Waals surface area contributed by atoms with E-state index in [1.807, 2.05) is 24.8 Å². The highest BCUT2D eigenvalue weighted by Gasteiger charge is 2.10. The molecule has 4 nitrogen and oxygen atoms in total. The molecule has 0 heterocycles. The second-order valence-electron chi connectivity index (χ2n) is 4.51. The average Bonchev–Trinajstić information content (AvgIpc) is 2.34. The summed E-state index contributed by atoms with van der Waals surface area (Å²) in [5, 5.41) is 12.4. The van der Waals surface area contributed by atoms with Crippen LogP contribution in [-0.2, 0) is 4.79 Å². The number of aryl methyl sites for hydroxylation is 1. The number of nitrogens with zero attached hydrogens (tertiary/aromatic N) is 1. The number of nitrogens with one attached hydrogen (secondary N) is 1. The smallest absolute Gasteiger partial charge is 0.238 e. The number of carbonyl (C=O) groups excluding carboxylic acids is 1. The molecule has 0 saturated carbocycles. The van der Waals surface area contributed by atoms with Crippen LogP contribution in [0, 0.1) is 6.92 Å². The summed E-state index contributed by atoms with van der Waals surface area (Å²) < 4.78 is 0. The van der Waals surface area contributed by atoms with E-state index in [0.29, 0.717) is 11.6 Å². The van der Waals surface area contributed by atoms with Crippen LogP contribution in [0.2, 0.25) is 5.02 Å². The van der Waals surface area contributed by atoms with Crippen molar-refractivity contribution in [2.75, 3.05) is 31.6 Å². The van der Waals surface area contributed by atoms with Crippen LogP contribution in [0.5, 0.6) is 0 Å². The molecule has 0 saturated heterocycles. The zero-order valence-corrected chi connectivity index (χ0v) is 12.2. The number of benzene rings is 1. The number of amides is 1. The monoisotopic (exact) mass is 284 g/mol. The molecule has 0 spiro atoms. The summed E-state index contributed by atoms with van der Waals surface area (Å²) in [6.07, 6.45) is 0.948. The lowest BCUT2D eigenvalue weighted by Gasteiger charge is -2.20. The van der Waals surface area contributed by atoms with Crippen molar-refractivity contribution in [3.8, 4) is 0 Å². The largest absolute Gasteiger partial charge is 0.395 e. The van der Waals surface area contributed by atoms with E-state index in [0.717, 1.165) is 24.2 Å². The molecule has 0 radical (unpaired) electrons. The third-order valence-electron chi connectivity index (χ3n) is 2.80. The molecule has 1 rings (SSSR count). The van der Waals surface area contributed by atoms with E-state index in [1.165, 1.54) is 0 Å². The molecule has 19 heavy (non-hydrogen) atoms. The fourth-order valence-corrected chi connectivity index (χ4v) is 2.02. The normalized spacial score (nSPS) is 10.8. The summed E-state index contributed by atoms with van der Waals surface area (Å²) in [7, 11) is 0. The van der Waals surface area contributed by atoms with Crippen molar-refractivity contribution in [2.24, 2.45) is 0 Å². The number of halogens is 1. The topological polar surface area (TPSA) is 52.6 Å². The Bertz CT molecular complexity index is 418. The molecule has 1 aromatic carbocycles. The van der Waals surface area contributed by atoms with Gasteiger partial charge < -0.3 is 10.4 Å². The second kappa shape index (κ2) is 8.15. The molecular formula is C14H21ClN2O2. The maximum atomic E-state index is 12.0. The number of rotatable bonds is 7. The summed E-state index contributed by atoms with van der Waals surface area (Å²) >= 11 is 5.91. The van der Waals surface area contributed by atoms with E-state index in [1.54, 1.807) is 12.1 Å². The first kappa shape index (κ1) is 16.0. The van der Waals surface area contributed by atoms with Crippen molar-refractivity contribution in [1.82, 2.24) is 4.90 Å². The molecule has 1 aromatic rings. The molecule has 0 aliphatic rings. The standard InChI is InChI=1S/C14H21ClN2O2/c1-3-6-17(7-8-18)10-14(19)16-13-9-12(15)5-4-11(13)2/h4-5,9,18H,3,6-8,10H2,1-2H3,(H,16,19). The Labute approximate surface area is 119 Å². The van der Waals surface area contributed by atoms with Crippen LogP contribution in [0.25, 0.3) is 0 Å². The maximum Gasteiger partial charge on any atom is 0.238 e. The summed E-state index contributed by atoms with van der Waals surface area (Å²) in [6, 6.07) is 5.40. The van der Waals surface area contributed by atoms with Crippen molar-refractivity contribution >= 4 is 23.2 Å². The molecule has 0 unspecified atom stereocenters. The SMILES string of the molecule is CCCN(CCO)CC(=O)Nc1cc(Cl)ccc1C. The van der Waals surface area contributed by atoms with Gasteiger partial charge in [-0.05, 0) is 37.6 Å². The molecular weight excluding hydrogens is 264 g/mol. The van der Waals surface area contributed by atoms with E-state index < -0.39 is 0 Å². The summed E-state index contributed by atoms with van der Waals surface area (Å²) in [5.41, 5.74) is 1.71. The summed E-state index contributed by atoms with van der Waals surface area (Å²) in [6.45, 7) is 5.61. The predicted octanol–water partition coefficient (Wildman–Crippen LogP) is 2.29. The quantitative estimate of drug-likeness (QED) is 0.808. The minimum absolute atomic E-state index is 0.0590. The van der Waals surface area contributed by atoms with Gasteiger partial charge in [0.05, 0.1) is 13.2 Å². The van der Waals surface area contributed by atoms with Crippen LogP contribution in [0.4, 0.5) is 5.69 Å². The minimum Gasteiger partial charge on any atom is -0.395 e. The molecule has 0 aromatic heterocycles. The molecule has 1 amide bonds. The van der Waals surface area contributed by atoms with Crippen molar-refractivity contribution in [3.05, 3.63) is 28.8 Å². The molecule has 106 valence electrons. The van der Waals surface area contributed by atoms with Crippen molar-refractivity contribution < 1.29 is 9.90 Å². The molecule has 5 heteroatoms. The minimum atomic E-state index is -0.0905. The van der Waals surface area contributed by atoms with E-state index in [9.17, 15) is 4.79 Å². The lowest BCUT2D eigenvalue weighted by atomic mass is 10.2. The Kier molecular flexibility index (Phi) is 6.84. The Morgan fingerprint density at radius 3 is 2.79 bits per heavy atom. The van der Waals surface area contributed by atoms with Crippen molar-refractivity contribution in [3.63, 3.8) is 0 Å². The summed E-state index contributed by atoms with van der Waals surface area (Å²) in [4.78, 5) is 13.9. The first-order valence-electron chi connectivity index (χ1n) is 6.46. The van der Waals surface area contributed by atoms with Crippen LogP contribution in [0.3, 0.4) is 0 Å². The van der Waals surface area contributed by atoms with Gasteiger partial charge in [0.25, 0.3) is 0 Å². The maximum absolute atomic E-state index is 12.0. The first-order valence-corrected chi connectivity index (χ1v) is 6.83. The van der Waals surface area contributed by atoms with Crippen LogP contribution < -0.4 is 5.32 Å². The van der Waals surface area contributed by atoms with Gasteiger partial charge in [0.15, 0.2) is 0 Å². The fraction of sp³-hybridized carbons (Fsp3) is 0.500. The highest BCUT2D eigenvalue weighted by atomic mass is 35.5. The van der Waals surface area contributed by atoms with E-state index in [-0.39, 0.29) is 19.1 Å². The van der Waals surface area contributed by atoms with Crippen molar-refractivity contribution in [1.29, 1.82) is 0 Å². The van der Waals surface area contributed by atoms with E-state index in [2.05, 4.69) is 5.32 Å². The van der Waals surface area contributed by atoms with Gasteiger partial charge in [-0.25, -0.2) is 0 Å². The van der Waals surface area contributed by atoms with Gasteiger partial charge in [0.1, 0.15) is 0 Å². The van der Waals surface area contributed by atoms with Crippen LogP contribution in [0.15, 0.2) is 18.2 Å². The number of hydrogen-bond donors (Lipinski definition) is 2. The van der Waals surface area contributed by atoms with Gasteiger partial charge in [0.2, 0.25) is 5.91 Å². The fourth-order valence-electron chi connectivity index (χ4n) is 1.85. The van der Waals surface area contributed by atoms with E-state index >= 15 is 0 Å². The number of anilines is 1. The van der Waals surface area contributed by atoms with Crippen LogP contribution >= 0.6 is 11.6 Å². The van der Waals surface area contributed by atoms with Gasteiger partial charge in [0, 0.05) is 17.3 Å². The van der Waals surface area contributed by atoms with E-state index in [4.69, 9.17) is 16.7 Å². The zero-order chi connectivity index (χ0) is 14.3. The molecule has 0 atom stereocenters. The number of aliphatic hydroxyl groups excluding tert-OH is 1. The number of aliphatic hydroxyl groups is 1. The third kappa shape index (κ3) is 5.59. The third-order valence-corrected chi connectivity index (χ3v) is 3.03. The van der Waals surface area contributed by atoms with Gasteiger partial charge in [-0.1, -0.05) is 24.6 Å². The van der Waals surface area contributed by atoms with Gasteiger partial charge >= 0.3 is 0 Å². The second-order valence-corrected chi connectivity index (χ2v) is 4.94. The summed E-state index contributed by atoms with van der Waals surface area (Å²) in [5.74, 6) is -0.0905. The van der Waals surface area contributed by atoms with Crippen molar-refractivity contribution in [2.45, 2.75) is 20.3 Å². The molecule has 0 aliphatic carbocycles. The highest BCUT2D eigenvalue weighted by molar-refractivity contribution is 6.31. The first-order chi connectivity index (χ1) is 9.06. The molecule has 0 fully saturated rings. The Morgan fingerprint density at radius 1 is 1.42 bits per heavy atom. The molecule has 0 bridgehead atoms. The molecule has 0 aliphatic heterocycles. The van der Waals surface area contributed by atoms with Crippen LogP contribution in [-0.4, -0.2) is 42.2 Å². The zero-order valence-electron chi connectivity index (χ0n) is 11.4. The van der Waals surface area contributed by atoms with Crippen LogP contribution in [0.1, 0.15) is 18.9 Å². The average molecular weight is 285 g/mol. The van der Waals surface area contributed by atoms with Gasteiger partial charge in [-0.2, -0.15) is 0 Å². The van der Waals surface area contributed by atoms with Gasteiger partial charge in [-0.15, -0.1) is 0 Å². The Morgan fingerprint density at radius 2 is 2.16 bits per heavy atom. The number of hydrogen-bond acceptors (Lipinski definition) is 3. The lowest BCUT2D eigenvalue weighted by molar-refractivity contribution is -0.117.